The molecule has 1 heterocycles. The molecule has 0 aliphatic heterocycles. The van der Waals surface area contributed by atoms with E-state index in [9.17, 15) is 9.59 Å². The van der Waals surface area contributed by atoms with Crippen LogP contribution in [-0.2, 0) is 11.3 Å². The summed E-state index contributed by atoms with van der Waals surface area (Å²) in [7, 11) is 0. The summed E-state index contributed by atoms with van der Waals surface area (Å²) in [4.78, 5) is 30.6. The highest BCUT2D eigenvalue weighted by Gasteiger charge is 2.28. The smallest absolute Gasteiger partial charge is 0.357 e. The lowest BCUT2D eigenvalue weighted by Gasteiger charge is -2.35. The van der Waals surface area contributed by atoms with E-state index in [1.54, 1.807) is 17.2 Å². The highest BCUT2D eigenvalue weighted by molar-refractivity contribution is 9.10. The van der Waals surface area contributed by atoms with Crippen LogP contribution in [0.4, 0.5) is 10.5 Å². The van der Waals surface area contributed by atoms with Crippen molar-refractivity contribution in [2.45, 2.75) is 39.8 Å². The summed E-state index contributed by atoms with van der Waals surface area (Å²) in [5.74, 6) is -0.448. The number of benzene rings is 1. The number of nitrogens with one attached hydrogen (secondary N) is 1. The molecule has 0 unspecified atom stereocenters. The first kappa shape index (κ1) is 20.4. The van der Waals surface area contributed by atoms with Crippen molar-refractivity contribution in [1.29, 1.82) is 0 Å². The van der Waals surface area contributed by atoms with Crippen LogP contribution in [0.25, 0.3) is 0 Å². The average molecular weight is 440 g/mol. The second-order valence-corrected chi connectivity index (χ2v) is 8.40. The van der Waals surface area contributed by atoms with E-state index in [4.69, 9.17) is 4.74 Å². The first-order valence-corrected chi connectivity index (χ1v) is 9.83. The van der Waals surface area contributed by atoms with Gasteiger partial charge in [-0.1, -0.05) is 22.0 Å². The molecule has 0 saturated carbocycles. The maximum absolute atomic E-state index is 12.8. The van der Waals surface area contributed by atoms with E-state index in [2.05, 4.69) is 26.2 Å². The standard InChI is InChI=1S/C18H22BrN3O3S/c1-5-25-16(23)14-11-26-15(21-14)10-22(18(2,3)4)17(24)20-13-8-6-7-12(19)9-13/h6-9,11H,5,10H2,1-4H3,(H,20,24). The summed E-state index contributed by atoms with van der Waals surface area (Å²) in [6, 6.07) is 7.17. The summed E-state index contributed by atoms with van der Waals surface area (Å²) in [6.07, 6.45) is 0. The van der Waals surface area contributed by atoms with Crippen LogP contribution in [0.5, 0.6) is 0 Å². The molecule has 26 heavy (non-hydrogen) atoms. The first-order valence-electron chi connectivity index (χ1n) is 8.16. The molecule has 6 nitrogen and oxygen atoms in total. The number of hydrogen-bond donors (Lipinski definition) is 1. The number of thiazole rings is 1. The number of anilines is 1. The number of aromatic nitrogens is 1. The molecule has 1 aromatic carbocycles. The third kappa shape index (κ3) is 5.54. The summed E-state index contributed by atoms with van der Waals surface area (Å²) < 4.78 is 5.84. The van der Waals surface area contributed by atoms with Gasteiger partial charge in [-0.2, -0.15) is 0 Å². The topological polar surface area (TPSA) is 71.5 Å². The van der Waals surface area contributed by atoms with E-state index in [1.807, 2.05) is 45.0 Å². The van der Waals surface area contributed by atoms with Gasteiger partial charge < -0.3 is 15.0 Å². The van der Waals surface area contributed by atoms with Gasteiger partial charge in [0.2, 0.25) is 0 Å². The van der Waals surface area contributed by atoms with Gasteiger partial charge in [0.25, 0.3) is 0 Å². The van der Waals surface area contributed by atoms with Gasteiger partial charge in [0.05, 0.1) is 13.2 Å². The molecule has 0 saturated heterocycles. The van der Waals surface area contributed by atoms with Crippen molar-refractivity contribution in [3.63, 3.8) is 0 Å². The minimum atomic E-state index is -0.448. The Kier molecular flexibility index (Phi) is 6.77. The summed E-state index contributed by atoms with van der Waals surface area (Å²) in [5.41, 5.74) is 0.546. The maximum atomic E-state index is 12.8. The lowest BCUT2D eigenvalue weighted by molar-refractivity contribution is 0.0520. The third-order valence-corrected chi connectivity index (χ3v) is 4.79. The zero-order valence-corrected chi connectivity index (χ0v) is 17.6. The van der Waals surface area contributed by atoms with Crippen molar-refractivity contribution in [3.05, 3.63) is 44.8 Å². The Labute approximate surface area is 165 Å². The molecule has 1 aromatic heterocycles. The largest absolute Gasteiger partial charge is 0.461 e. The predicted octanol–water partition coefficient (Wildman–Crippen LogP) is 4.91. The minimum Gasteiger partial charge on any atom is -0.461 e. The Morgan fingerprint density at radius 2 is 2.08 bits per heavy atom. The van der Waals surface area contributed by atoms with E-state index in [1.165, 1.54) is 11.3 Å². The van der Waals surface area contributed by atoms with Crippen LogP contribution in [0.1, 0.15) is 43.2 Å². The van der Waals surface area contributed by atoms with Gasteiger partial charge in [0, 0.05) is 21.1 Å². The molecule has 2 amide bonds. The number of rotatable bonds is 5. The maximum Gasteiger partial charge on any atom is 0.357 e. The lowest BCUT2D eigenvalue weighted by Crippen LogP contribution is -2.47. The molecule has 2 aromatic rings. The highest BCUT2D eigenvalue weighted by Crippen LogP contribution is 2.22. The molecular weight excluding hydrogens is 418 g/mol. The molecule has 0 spiro atoms. The van der Waals surface area contributed by atoms with E-state index >= 15 is 0 Å². The Balaban J connectivity index is 2.15. The zero-order chi connectivity index (χ0) is 19.3. The molecule has 0 bridgehead atoms. The lowest BCUT2D eigenvalue weighted by atomic mass is 10.1. The van der Waals surface area contributed by atoms with Crippen molar-refractivity contribution < 1.29 is 14.3 Å². The van der Waals surface area contributed by atoms with Crippen molar-refractivity contribution in [2.75, 3.05) is 11.9 Å². The molecular formula is C18H22BrN3O3S. The van der Waals surface area contributed by atoms with Crippen LogP contribution in [0.2, 0.25) is 0 Å². The molecule has 0 aliphatic rings. The fourth-order valence-electron chi connectivity index (χ4n) is 2.19. The Bertz CT molecular complexity index is 786. The van der Waals surface area contributed by atoms with Gasteiger partial charge >= 0.3 is 12.0 Å². The fourth-order valence-corrected chi connectivity index (χ4v) is 3.34. The van der Waals surface area contributed by atoms with Crippen LogP contribution in [-0.4, -0.2) is 34.0 Å². The van der Waals surface area contributed by atoms with Crippen molar-refractivity contribution in [2.24, 2.45) is 0 Å². The molecule has 8 heteroatoms. The van der Waals surface area contributed by atoms with Gasteiger partial charge in [0.15, 0.2) is 5.69 Å². The Morgan fingerprint density at radius 3 is 2.69 bits per heavy atom. The molecule has 1 N–H and O–H groups in total. The Hall–Kier alpha value is -1.93. The van der Waals surface area contributed by atoms with Crippen LogP contribution in [0.15, 0.2) is 34.1 Å². The number of carbonyl (C=O) groups is 2. The van der Waals surface area contributed by atoms with Crippen LogP contribution < -0.4 is 5.32 Å². The van der Waals surface area contributed by atoms with Crippen molar-refractivity contribution in [3.8, 4) is 0 Å². The number of urea groups is 1. The van der Waals surface area contributed by atoms with Crippen molar-refractivity contribution in [1.82, 2.24) is 9.88 Å². The molecule has 140 valence electrons. The fraction of sp³-hybridized carbons (Fsp3) is 0.389. The zero-order valence-electron chi connectivity index (χ0n) is 15.2. The normalized spacial score (nSPS) is 11.1. The SMILES string of the molecule is CCOC(=O)c1csc(CN(C(=O)Nc2cccc(Br)c2)C(C)(C)C)n1. The van der Waals surface area contributed by atoms with Crippen molar-refractivity contribution >= 4 is 45.0 Å². The van der Waals surface area contributed by atoms with Gasteiger partial charge in [-0.25, -0.2) is 14.6 Å². The number of hydrogen-bond acceptors (Lipinski definition) is 5. The average Bonchev–Trinajstić information content (AvgIpc) is 3.00. The predicted molar refractivity (Wildman–Crippen MR) is 107 cm³/mol. The van der Waals surface area contributed by atoms with Crippen LogP contribution >= 0.6 is 27.3 Å². The quantitative estimate of drug-likeness (QED) is 0.671. The third-order valence-electron chi connectivity index (χ3n) is 3.46. The minimum absolute atomic E-state index is 0.233. The summed E-state index contributed by atoms with van der Waals surface area (Å²) >= 11 is 4.73. The van der Waals surface area contributed by atoms with Gasteiger partial charge in [-0.05, 0) is 45.9 Å². The number of ether oxygens (including phenoxy) is 1. The van der Waals surface area contributed by atoms with Crippen LogP contribution in [0, 0.1) is 0 Å². The second-order valence-electron chi connectivity index (χ2n) is 6.54. The Morgan fingerprint density at radius 1 is 1.35 bits per heavy atom. The van der Waals surface area contributed by atoms with E-state index in [-0.39, 0.29) is 11.7 Å². The number of carbonyl (C=O) groups excluding carboxylic acids is 2. The highest BCUT2D eigenvalue weighted by atomic mass is 79.9. The van der Waals surface area contributed by atoms with Gasteiger partial charge in [-0.3, -0.25) is 0 Å². The molecule has 0 fully saturated rings. The molecule has 0 radical (unpaired) electrons. The van der Waals surface area contributed by atoms with Gasteiger partial charge in [-0.15, -0.1) is 11.3 Å². The number of halogens is 1. The van der Waals surface area contributed by atoms with E-state index in [0.29, 0.717) is 23.8 Å². The van der Waals surface area contributed by atoms with E-state index in [0.717, 1.165) is 4.47 Å². The number of esters is 1. The summed E-state index contributed by atoms with van der Waals surface area (Å²) in [6.45, 7) is 8.20. The van der Waals surface area contributed by atoms with Crippen LogP contribution in [0.3, 0.4) is 0 Å². The monoisotopic (exact) mass is 439 g/mol. The molecule has 2 rings (SSSR count). The van der Waals surface area contributed by atoms with E-state index < -0.39 is 11.5 Å². The number of amides is 2. The number of nitrogens with zero attached hydrogens (tertiary/aromatic N) is 2. The van der Waals surface area contributed by atoms with Gasteiger partial charge in [0.1, 0.15) is 5.01 Å². The second kappa shape index (κ2) is 8.64. The first-order chi connectivity index (χ1) is 12.2. The molecule has 0 atom stereocenters. The molecule has 0 aliphatic carbocycles. The summed E-state index contributed by atoms with van der Waals surface area (Å²) in [5, 5.41) is 5.23.